The number of carbonyl (C=O) groups excluding carboxylic acids is 1. The summed E-state index contributed by atoms with van der Waals surface area (Å²) in [7, 11) is 0. The summed E-state index contributed by atoms with van der Waals surface area (Å²) in [6, 6.07) is 1.73. The van der Waals surface area contributed by atoms with Gasteiger partial charge in [0, 0.05) is 37.2 Å². The lowest BCUT2D eigenvalue weighted by Crippen LogP contribution is -2.52. The van der Waals surface area contributed by atoms with Crippen molar-refractivity contribution in [1.29, 1.82) is 0 Å². The molecule has 35 heavy (non-hydrogen) atoms. The third-order valence-corrected chi connectivity index (χ3v) is 7.23. The molecule has 0 aromatic carbocycles. The third-order valence-electron chi connectivity index (χ3n) is 5.67. The molecule has 1 amide bonds. The summed E-state index contributed by atoms with van der Waals surface area (Å²) in [6.45, 7) is 4.68. The van der Waals surface area contributed by atoms with Gasteiger partial charge in [-0.05, 0) is 25.0 Å². The first-order chi connectivity index (χ1) is 16.9. The Morgan fingerprint density at radius 1 is 1.29 bits per heavy atom. The van der Waals surface area contributed by atoms with E-state index in [1.54, 1.807) is 13.0 Å². The normalized spacial score (nSPS) is 13.7. The molecular formula is C21H20N8O4S2. The molecule has 1 aliphatic heterocycles. The second-order valence-electron chi connectivity index (χ2n) is 8.11. The van der Waals surface area contributed by atoms with Crippen molar-refractivity contribution in [3.63, 3.8) is 0 Å². The van der Waals surface area contributed by atoms with Crippen LogP contribution in [0.25, 0.3) is 16.2 Å². The number of carbonyl (C=O) groups is 2. The van der Waals surface area contributed by atoms with Crippen LogP contribution in [0.15, 0.2) is 23.4 Å². The van der Waals surface area contributed by atoms with Gasteiger partial charge in [-0.3, -0.25) is 14.2 Å². The Hall–Kier alpha value is -3.78. The zero-order valence-electron chi connectivity index (χ0n) is 18.8. The molecule has 180 valence electrons. The molecule has 5 rings (SSSR count). The fourth-order valence-electron chi connectivity index (χ4n) is 3.87. The number of rotatable bonds is 7. The van der Waals surface area contributed by atoms with Crippen LogP contribution in [0, 0.1) is 12.8 Å². The molecule has 1 aliphatic rings. The molecule has 12 nitrogen and oxygen atoms in total. The molecule has 0 saturated carbocycles. The van der Waals surface area contributed by atoms with Crippen LogP contribution in [-0.4, -0.2) is 59.2 Å². The summed E-state index contributed by atoms with van der Waals surface area (Å²) in [6.07, 6.45) is 4.37. The molecule has 0 bridgehead atoms. The van der Waals surface area contributed by atoms with Crippen LogP contribution in [-0.2, 0) is 11.2 Å². The van der Waals surface area contributed by atoms with Gasteiger partial charge >= 0.3 is 5.97 Å². The quantitative estimate of drug-likeness (QED) is 0.376. The third kappa shape index (κ3) is 4.25. The minimum atomic E-state index is -1.33. The van der Waals surface area contributed by atoms with E-state index in [0.717, 1.165) is 29.4 Å². The van der Waals surface area contributed by atoms with Crippen LogP contribution in [0.3, 0.4) is 0 Å². The number of anilines is 2. The number of carboxylic acids is 1. The topological polar surface area (TPSA) is 156 Å². The molecule has 5 heterocycles. The van der Waals surface area contributed by atoms with E-state index in [0.29, 0.717) is 34.7 Å². The summed E-state index contributed by atoms with van der Waals surface area (Å²) >= 11 is 2.44. The second-order valence-corrected chi connectivity index (χ2v) is 9.93. The summed E-state index contributed by atoms with van der Waals surface area (Å²) in [5.74, 6) is -1.12. The molecule has 0 atom stereocenters. The van der Waals surface area contributed by atoms with Gasteiger partial charge in [-0.15, -0.1) is 10.2 Å². The van der Waals surface area contributed by atoms with Crippen LogP contribution in [0.5, 0.6) is 0 Å². The summed E-state index contributed by atoms with van der Waals surface area (Å²) in [4.78, 5) is 47.9. The highest BCUT2D eigenvalue weighted by Gasteiger charge is 2.34. The van der Waals surface area contributed by atoms with E-state index in [9.17, 15) is 19.5 Å². The predicted octanol–water partition coefficient (Wildman–Crippen LogP) is 2.12. The van der Waals surface area contributed by atoms with Crippen LogP contribution >= 0.6 is 22.9 Å². The monoisotopic (exact) mass is 512 g/mol. The van der Waals surface area contributed by atoms with Gasteiger partial charge in [0.05, 0.1) is 11.3 Å². The highest BCUT2D eigenvalue weighted by Crippen LogP contribution is 2.29. The Balaban J connectivity index is 1.41. The molecule has 1 saturated heterocycles. The predicted molar refractivity (Wildman–Crippen MR) is 131 cm³/mol. The molecule has 2 N–H and O–H groups in total. The van der Waals surface area contributed by atoms with Crippen molar-refractivity contribution in [2.24, 2.45) is 5.92 Å². The number of fused-ring (bicyclic) bond motifs is 1. The van der Waals surface area contributed by atoms with Crippen molar-refractivity contribution in [2.45, 2.75) is 26.7 Å². The lowest BCUT2D eigenvalue weighted by molar-refractivity contribution is -0.120. The van der Waals surface area contributed by atoms with Crippen molar-refractivity contribution in [1.82, 2.24) is 29.1 Å². The van der Waals surface area contributed by atoms with Crippen molar-refractivity contribution in [3.05, 3.63) is 44.9 Å². The first kappa shape index (κ1) is 23.0. The first-order valence-electron chi connectivity index (χ1n) is 10.8. The largest absolute Gasteiger partial charge is 0.477 e. The van der Waals surface area contributed by atoms with E-state index in [1.807, 2.05) is 4.90 Å². The standard InChI is InChI=1S/C21H20N8O4S2/c1-3-4-14-26-27-20(34-14)25-18(31)11-6-28(7-11)13-5-10(2)15-16(30)12(19(32)33)8-29(17(15)24-13)21-22-9-23-35-21/h5,8-9,11H,3-4,6-7H2,1-2H3,(H,32,33)(H,25,27,31). The molecular weight excluding hydrogens is 492 g/mol. The van der Waals surface area contributed by atoms with Crippen molar-refractivity contribution in [3.8, 4) is 5.13 Å². The van der Waals surface area contributed by atoms with Gasteiger partial charge < -0.3 is 15.3 Å². The Bertz CT molecular complexity index is 1490. The van der Waals surface area contributed by atoms with Crippen LogP contribution in [0.2, 0.25) is 0 Å². The van der Waals surface area contributed by atoms with E-state index < -0.39 is 11.4 Å². The lowest BCUT2D eigenvalue weighted by Gasteiger charge is -2.39. The molecule has 0 radical (unpaired) electrons. The lowest BCUT2D eigenvalue weighted by atomic mass is 9.99. The van der Waals surface area contributed by atoms with Gasteiger partial charge in [0.2, 0.25) is 21.6 Å². The Kier molecular flexibility index (Phi) is 5.98. The number of hydrogen-bond donors (Lipinski definition) is 2. The minimum absolute atomic E-state index is 0.130. The summed E-state index contributed by atoms with van der Waals surface area (Å²) in [5.41, 5.74) is -0.103. The maximum Gasteiger partial charge on any atom is 0.341 e. The van der Waals surface area contributed by atoms with Crippen LogP contribution in [0.1, 0.15) is 34.3 Å². The van der Waals surface area contributed by atoms with Crippen molar-refractivity contribution >= 4 is 56.7 Å². The number of pyridine rings is 2. The Morgan fingerprint density at radius 2 is 2.09 bits per heavy atom. The minimum Gasteiger partial charge on any atom is -0.477 e. The van der Waals surface area contributed by atoms with Gasteiger partial charge in [0.15, 0.2) is 5.65 Å². The van der Waals surface area contributed by atoms with E-state index in [4.69, 9.17) is 0 Å². The van der Waals surface area contributed by atoms with Crippen molar-refractivity contribution < 1.29 is 14.7 Å². The molecule has 14 heteroatoms. The molecule has 1 fully saturated rings. The van der Waals surface area contributed by atoms with Crippen LogP contribution < -0.4 is 15.6 Å². The molecule has 0 spiro atoms. The van der Waals surface area contributed by atoms with E-state index in [2.05, 4.69) is 36.8 Å². The highest BCUT2D eigenvalue weighted by atomic mass is 32.1. The Morgan fingerprint density at radius 3 is 2.77 bits per heavy atom. The zero-order valence-corrected chi connectivity index (χ0v) is 20.4. The SMILES string of the molecule is CCCc1nnc(NC(=O)C2CN(c3cc(C)c4c(=O)c(C(=O)O)cn(-c5ncns5)c4n3)C2)s1. The van der Waals surface area contributed by atoms with E-state index in [-0.39, 0.29) is 28.4 Å². The number of hydrogen-bond acceptors (Lipinski definition) is 11. The van der Waals surface area contributed by atoms with E-state index >= 15 is 0 Å². The first-order valence-corrected chi connectivity index (χ1v) is 12.4. The van der Waals surface area contributed by atoms with Gasteiger partial charge in [0.1, 0.15) is 22.7 Å². The zero-order chi connectivity index (χ0) is 24.7. The van der Waals surface area contributed by atoms with Crippen LogP contribution in [0.4, 0.5) is 10.9 Å². The number of amides is 1. The molecule has 0 unspecified atom stereocenters. The number of aromatic carboxylic acids is 1. The highest BCUT2D eigenvalue weighted by molar-refractivity contribution is 7.15. The van der Waals surface area contributed by atoms with Gasteiger partial charge in [-0.2, -0.15) is 4.37 Å². The number of nitrogens with one attached hydrogen (secondary N) is 1. The maximum absolute atomic E-state index is 12.9. The maximum atomic E-state index is 12.9. The average Bonchev–Trinajstić information content (AvgIpc) is 3.45. The summed E-state index contributed by atoms with van der Waals surface area (Å²) in [5, 5.41) is 22.4. The average molecular weight is 513 g/mol. The second kappa shape index (κ2) is 9.11. The fraction of sp³-hybridized carbons (Fsp3) is 0.333. The van der Waals surface area contributed by atoms with Gasteiger partial charge in [-0.25, -0.2) is 14.8 Å². The smallest absolute Gasteiger partial charge is 0.341 e. The number of aryl methyl sites for hydroxylation is 2. The molecule has 0 aliphatic carbocycles. The van der Waals surface area contributed by atoms with Gasteiger partial charge in [-0.1, -0.05) is 18.3 Å². The van der Waals surface area contributed by atoms with Crippen molar-refractivity contribution in [2.75, 3.05) is 23.3 Å². The summed E-state index contributed by atoms with van der Waals surface area (Å²) < 4.78 is 5.45. The number of carboxylic acid groups (broad SMARTS) is 1. The Labute approximate surface area is 206 Å². The molecule has 4 aromatic rings. The van der Waals surface area contributed by atoms with Gasteiger partial charge in [0.25, 0.3) is 0 Å². The van der Waals surface area contributed by atoms with E-state index in [1.165, 1.54) is 28.4 Å². The number of aromatic nitrogens is 6. The molecule has 4 aromatic heterocycles. The fourth-order valence-corrected chi connectivity index (χ4v) is 5.22. The number of nitrogens with zero attached hydrogens (tertiary/aromatic N) is 7.